The molecule has 2 N–H and O–H groups in total. The van der Waals surface area contributed by atoms with Crippen LogP contribution in [-0.2, 0) is 4.79 Å². The lowest BCUT2D eigenvalue weighted by atomic mass is 10.2. The van der Waals surface area contributed by atoms with Crippen LogP contribution in [0.5, 0.6) is 0 Å². The summed E-state index contributed by atoms with van der Waals surface area (Å²) < 4.78 is 0. The Bertz CT molecular complexity index is 719. The number of carbonyl (C=O) groups excluding carboxylic acids is 2. The molecule has 7 heteroatoms. The summed E-state index contributed by atoms with van der Waals surface area (Å²) in [6.45, 7) is 4.23. The number of thioether (sulfide) groups is 2. The molecule has 0 aliphatic rings. The number of hydrogen-bond acceptors (Lipinski definition) is 4. The standard InChI is InChI=1S/C18H19ClN2O2S2/c1-12(2)25-16-7-3-13(4-8-16)18(23)21-20-17(22)11-24-15-9-5-14(19)6-10-15/h3-10,12H,11H2,1-2H3,(H,20,22)(H,21,23). The van der Waals surface area contributed by atoms with E-state index in [0.29, 0.717) is 15.8 Å². The molecule has 0 heterocycles. The van der Waals surface area contributed by atoms with Gasteiger partial charge in [0.25, 0.3) is 5.91 Å². The van der Waals surface area contributed by atoms with Crippen molar-refractivity contribution < 1.29 is 9.59 Å². The third-order valence-electron chi connectivity index (χ3n) is 2.99. The first kappa shape index (κ1) is 19.7. The molecule has 0 saturated heterocycles. The van der Waals surface area contributed by atoms with E-state index in [1.54, 1.807) is 36.0 Å². The molecule has 2 rings (SSSR count). The van der Waals surface area contributed by atoms with Crippen LogP contribution < -0.4 is 10.9 Å². The molecule has 0 unspecified atom stereocenters. The monoisotopic (exact) mass is 394 g/mol. The Kier molecular flexibility index (Phi) is 7.68. The highest BCUT2D eigenvalue weighted by Crippen LogP contribution is 2.23. The smallest absolute Gasteiger partial charge is 0.269 e. The second kappa shape index (κ2) is 9.75. The van der Waals surface area contributed by atoms with Gasteiger partial charge < -0.3 is 0 Å². The summed E-state index contributed by atoms with van der Waals surface area (Å²) in [4.78, 5) is 25.9. The Hall–Kier alpha value is -1.63. The molecule has 25 heavy (non-hydrogen) atoms. The van der Waals surface area contributed by atoms with Gasteiger partial charge in [-0.05, 0) is 48.5 Å². The molecular formula is C18H19ClN2O2S2. The zero-order valence-electron chi connectivity index (χ0n) is 13.9. The van der Waals surface area contributed by atoms with Crippen molar-refractivity contribution in [3.8, 4) is 0 Å². The molecule has 0 aromatic heterocycles. The van der Waals surface area contributed by atoms with Gasteiger partial charge in [-0.25, -0.2) is 0 Å². The van der Waals surface area contributed by atoms with Crippen LogP contribution >= 0.6 is 35.1 Å². The normalized spacial score (nSPS) is 10.6. The van der Waals surface area contributed by atoms with Gasteiger partial charge in [0.2, 0.25) is 5.91 Å². The summed E-state index contributed by atoms with van der Waals surface area (Å²) >= 11 is 8.91. The van der Waals surface area contributed by atoms with Crippen molar-refractivity contribution in [2.24, 2.45) is 0 Å². The van der Waals surface area contributed by atoms with Crippen LogP contribution in [0.15, 0.2) is 58.3 Å². The van der Waals surface area contributed by atoms with Crippen LogP contribution in [-0.4, -0.2) is 22.8 Å². The lowest BCUT2D eigenvalue weighted by Crippen LogP contribution is -2.42. The van der Waals surface area contributed by atoms with Crippen molar-refractivity contribution in [1.29, 1.82) is 0 Å². The Labute approximate surface area is 161 Å². The predicted octanol–water partition coefficient (Wildman–Crippen LogP) is 4.39. The lowest BCUT2D eigenvalue weighted by Gasteiger charge is -2.09. The summed E-state index contributed by atoms with van der Waals surface area (Å²) in [5, 5.41) is 1.14. The van der Waals surface area contributed by atoms with Crippen molar-refractivity contribution >= 4 is 46.9 Å². The Morgan fingerprint density at radius 3 is 2.16 bits per heavy atom. The largest absolute Gasteiger partial charge is 0.272 e. The molecule has 2 aromatic rings. The number of hydrogen-bond donors (Lipinski definition) is 2. The van der Waals surface area contributed by atoms with Crippen LogP contribution in [0.25, 0.3) is 0 Å². The molecule has 0 aliphatic heterocycles. The highest BCUT2D eigenvalue weighted by Gasteiger charge is 2.08. The molecular weight excluding hydrogens is 376 g/mol. The maximum absolute atomic E-state index is 12.0. The SMILES string of the molecule is CC(C)Sc1ccc(C(=O)NNC(=O)CSc2ccc(Cl)cc2)cc1. The number of hydrazine groups is 1. The first-order chi connectivity index (χ1) is 11.9. The van der Waals surface area contributed by atoms with Gasteiger partial charge in [0.05, 0.1) is 5.75 Å². The topological polar surface area (TPSA) is 58.2 Å². The fourth-order valence-corrected chi connectivity index (χ4v) is 3.53. The molecule has 2 amide bonds. The van der Waals surface area contributed by atoms with Crippen molar-refractivity contribution in [3.05, 3.63) is 59.1 Å². The number of nitrogens with one attached hydrogen (secondary N) is 2. The van der Waals surface area contributed by atoms with E-state index >= 15 is 0 Å². The highest BCUT2D eigenvalue weighted by molar-refractivity contribution is 8.00. The summed E-state index contributed by atoms with van der Waals surface area (Å²) in [6, 6.07) is 14.5. The summed E-state index contributed by atoms with van der Waals surface area (Å²) in [5.41, 5.74) is 5.34. The third-order valence-corrected chi connectivity index (χ3v) is 5.27. The van der Waals surface area contributed by atoms with E-state index < -0.39 is 0 Å². The van der Waals surface area contributed by atoms with E-state index in [1.807, 2.05) is 24.3 Å². The fraction of sp³-hybridized carbons (Fsp3) is 0.222. The summed E-state index contributed by atoms with van der Waals surface area (Å²) in [5.74, 6) is -0.419. The fourth-order valence-electron chi connectivity index (χ4n) is 1.87. The van der Waals surface area contributed by atoms with Gasteiger partial charge in [-0.15, -0.1) is 23.5 Å². The van der Waals surface area contributed by atoms with Crippen LogP contribution in [0.2, 0.25) is 5.02 Å². The van der Waals surface area contributed by atoms with E-state index in [0.717, 1.165) is 9.79 Å². The second-order valence-electron chi connectivity index (χ2n) is 5.44. The summed E-state index contributed by atoms with van der Waals surface area (Å²) in [6.07, 6.45) is 0. The molecule has 132 valence electrons. The first-order valence-corrected chi connectivity index (χ1v) is 9.92. The number of rotatable bonds is 6. The van der Waals surface area contributed by atoms with Gasteiger partial charge in [-0.3, -0.25) is 20.4 Å². The molecule has 4 nitrogen and oxygen atoms in total. The zero-order chi connectivity index (χ0) is 18.2. The van der Waals surface area contributed by atoms with Gasteiger partial charge in [-0.1, -0.05) is 25.4 Å². The van der Waals surface area contributed by atoms with E-state index in [9.17, 15) is 9.59 Å². The Morgan fingerprint density at radius 2 is 1.56 bits per heavy atom. The van der Waals surface area contributed by atoms with Gasteiger partial charge in [0.15, 0.2) is 0 Å². The van der Waals surface area contributed by atoms with Crippen LogP contribution in [0.3, 0.4) is 0 Å². The van der Waals surface area contributed by atoms with Crippen molar-refractivity contribution in [2.45, 2.75) is 28.9 Å². The molecule has 0 atom stereocenters. The molecule has 0 bridgehead atoms. The average Bonchev–Trinajstić information content (AvgIpc) is 2.59. The molecule has 2 aromatic carbocycles. The van der Waals surface area contributed by atoms with Crippen LogP contribution in [0, 0.1) is 0 Å². The molecule has 0 radical (unpaired) electrons. The van der Waals surface area contributed by atoms with Gasteiger partial charge in [0, 0.05) is 25.6 Å². The van der Waals surface area contributed by atoms with Crippen LogP contribution in [0.1, 0.15) is 24.2 Å². The van der Waals surface area contributed by atoms with Crippen molar-refractivity contribution in [1.82, 2.24) is 10.9 Å². The van der Waals surface area contributed by atoms with E-state index in [1.165, 1.54) is 11.8 Å². The molecule has 0 spiro atoms. The quantitative estimate of drug-likeness (QED) is 0.563. The van der Waals surface area contributed by atoms with Gasteiger partial charge in [0.1, 0.15) is 0 Å². The lowest BCUT2D eigenvalue weighted by molar-refractivity contribution is -0.119. The van der Waals surface area contributed by atoms with Crippen molar-refractivity contribution in [2.75, 3.05) is 5.75 Å². The highest BCUT2D eigenvalue weighted by atomic mass is 35.5. The molecule has 0 aliphatic carbocycles. The second-order valence-corrected chi connectivity index (χ2v) is 8.57. The number of amides is 2. The minimum Gasteiger partial charge on any atom is -0.272 e. The Balaban J connectivity index is 1.76. The summed E-state index contributed by atoms with van der Waals surface area (Å²) in [7, 11) is 0. The van der Waals surface area contributed by atoms with Crippen LogP contribution in [0.4, 0.5) is 0 Å². The zero-order valence-corrected chi connectivity index (χ0v) is 16.3. The predicted molar refractivity (Wildman–Crippen MR) is 105 cm³/mol. The first-order valence-electron chi connectivity index (χ1n) is 7.68. The average molecular weight is 395 g/mol. The molecule has 0 saturated carbocycles. The number of halogens is 1. The third kappa shape index (κ3) is 7.02. The maximum Gasteiger partial charge on any atom is 0.269 e. The molecule has 0 fully saturated rings. The van der Waals surface area contributed by atoms with E-state index in [-0.39, 0.29) is 17.6 Å². The van der Waals surface area contributed by atoms with E-state index in [4.69, 9.17) is 11.6 Å². The number of benzene rings is 2. The van der Waals surface area contributed by atoms with Gasteiger partial charge in [-0.2, -0.15) is 0 Å². The number of carbonyl (C=O) groups is 2. The minimum absolute atomic E-state index is 0.200. The Morgan fingerprint density at radius 1 is 0.960 bits per heavy atom. The van der Waals surface area contributed by atoms with E-state index in [2.05, 4.69) is 24.7 Å². The maximum atomic E-state index is 12.0. The van der Waals surface area contributed by atoms with Crippen molar-refractivity contribution in [3.63, 3.8) is 0 Å². The minimum atomic E-state index is -0.342. The van der Waals surface area contributed by atoms with Gasteiger partial charge >= 0.3 is 0 Å².